The van der Waals surface area contributed by atoms with E-state index in [0.717, 1.165) is 30.1 Å². The summed E-state index contributed by atoms with van der Waals surface area (Å²) in [7, 11) is 3.44. The number of aliphatic imine (C=N–C) groups is 1. The summed E-state index contributed by atoms with van der Waals surface area (Å²) in [5.41, 5.74) is 2.16. The molecule has 1 amide bonds. The van der Waals surface area contributed by atoms with Crippen molar-refractivity contribution in [3.63, 3.8) is 0 Å². The predicted octanol–water partition coefficient (Wildman–Crippen LogP) is 2.24. The number of nitrogens with zero attached hydrogens (tertiary/aromatic N) is 3. The van der Waals surface area contributed by atoms with Gasteiger partial charge in [-0.15, -0.1) is 24.0 Å². The van der Waals surface area contributed by atoms with E-state index in [-0.39, 0.29) is 48.3 Å². The smallest absolute Gasteiger partial charge is 0.243 e. The van der Waals surface area contributed by atoms with Gasteiger partial charge >= 0.3 is 0 Å². The lowest BCUT2D eigenvalue weighted by Gasteiger charge is -2.32. The molecule has 0 saturated heterocycles. The Labute approximate surface area is 160 Å². The molecule has 0 aromatic heterocycles. The molecule has 0 fully saturated rings. The van der Waals surface area contributed by atoms with Crippen LogP contribution in [0.5, 0.6) is 0 Å². The summed E-state index contributed by atoms with van der Waals surface area (Å²) < 4.78 is 13.3. The molecular weight excluding hydrogens is 422 g/mol. The molecule has 0 unspecified atom stereocenters. The molecule has 0 spiro atoms. The van der Waals surface area contributed by atoms with Crippen molar-refractivity contribution in [1.29, 1.82) is 0 Å². The summed E-state index contributed by atoms with van der Waals surface area (Å²) in [5, 5.41) is 3.32. The molecule has 1 aromatic rings. The minimum atomic E-state index is -0.192. The first-order valence-corrected chi connectivity index (χ1v) is 7.90. The quantitative estimate of drug-likeness (QED) is 0.439. The van der Waals surface area contributed by atoms with Crippen LogP contribution in [0.4, 0.5) is 4.39 Å². The number of carbonyl (C=O) groups excluding carboxylic acids is 1. The van der Waals surface area contributed by atoms with Crippen molar-refractivity contribution < 1.29 is 9.18 Å². The van der Waals surface area contributed by atoms with E-state index in [9.17, 15) is 9.18 Å². The topological polar surface area (TPSA) is 47.9 Å². The fourth-order valence-electron chi connectivity index (χ4n) is 2.48. The van der Waals surface area contributed by atoms with Crippen LogP contribution >= 0.6 is 24.0 Å². The van der Waals surface area contributed by atoms with Crippen LogP contribution in [0.2, 0.25) is 0 Å². The van der Waals surface area contributed by atoms with Crippen molar-refractivity contribution in [2.75, 3.05) is 27.2 Å². The van der Waals surface area contributed by atoms with Gasteiger partial charge in [-0.1, -0.05) is 6.07 Å². The summed E-state index contributed by atoms with van der Waals surface area (Å²) in [4.78, 5) is 19.9. The van der Waals surface area contributed by atoms with Crippen LogP contribution in [-0.4, -0.2) is 54.9 Å². The van der Waals surface area contributed by atoms with E-state index >= 15 is 0 Å². The summed E-state index contributed by atoms with van der Waals surface area (Å²) >= 11 is 0. The highest BCUT2D eigenvalue weighted by Gasteiger charge is 2.20. The molecule has 1 N–H and O–H groups in total. The zero-order chi connectivity index (χ0) is 17.0. The maximum Gasteiger partial charge on any atom is 0.243 e. The second-order valence-electron chi connectivity index (χ2n) is 6.31. The Balaban J connectivity index is 0.00000288. The maximum absolute atomic E-state index is 13.3. The first-order valence-electron chi connectivity index (χ1n) is 7.90. The molecule has 0 aliphatic carbocycles. The number of rotatable bonds is 3. The average molecular weight is 448 g/mol. The lowest BCUT2D eigenvalue weighted by molar-refractivity contribution is -0.127. The van der Waals surface area contributed by atoms with E-state index in [4.69, 9.17) is 0 Å². The number of benzene rings is 1. The predicted molar refractivity (Wildman–Crippen MR) is 105 cm³/mol. The molecule has 0 radical (unpaired) electrons. The number of hydrogen-bond donors (Lipinski definition) is 1. The molecule has 1 heterocycles. The fraction of sp³-hybridized carbons (Fsp3) is 0.529. The number of fused-ring (bicyclic) bond motifs is 1. The Bertz CT molecular complexity index is 604. The Kier molecular flexibility index (Phi) is 7.92. The molecule has 7 heteroatoms. The van der Waals surface area contributed by atoms with Crippen molar-refractivity contribution in [2.24, 2.45) is 4.99 Å². The summed E-state index contributed by atoms with van der Waals surface area (Å²) in [6, 6.07) is 5.15. The molecule has 1 aliphatic rings. The largest absolute Gasteiger partial charge is 0.354 e. The maximum atomic E-state index is 13.3. The van der Waals surface area contributed by atoms with Crippen LogP contribution in [-0.2, 0) is 17.8 Å². The number of nitrogens with one attached hydrogen (secondary N) is 1. The SMILES string of the molecule is CC(C)NC(=NCC(=O)N(C)C)N1CCc2cc(F)ccc2C1.I. The highest BCUT2D eigenvalue weighted by Crippen LogP contribution is 2.20. The molecule has 0 saturated carbocycles. The van der Waals surface area contributed by atoms with Gasteiger partial charge in [0, 0.05) is 33.2 Å². The highest BCUT2D eigenvalue weighted by atomic mass is 127. The standard InChI is InChI=1S/C17H25FN4O.HI/c1-12(2)20-17(19-10-16(23)21(3)4)22-8-7-13-9-15(18)6-5-14(13)11-22;/h5-6,9,12H,7-8,10-11H2,1-4H3,(H,19,20);1H. The lowest BCUT2D eigenvalue weighted by atomic mass is 10.00. The molecule has 1 aliphatic heterocycles. The van der Waals surface area contributed by atoms with Crippen molar-refractivity contribution >= 4 is 35.8 Å². The van der Waals surface area contributed by atoms with E-state index in [1.54, 1.807) is 20.2 Å². The molecule has 0 atom stereocenters. The van der Waals surface area contributed by atoms with Gasteiger partial charge in [0.25, 0.3) is 0 Å². The third-order valence-corrected chi connectivity index (χ3v) is 3.76. The monoisotopic (exact) mass is 448 g/mol. The number of guanidine groups is 1. The van der Waals surface area contributed by atoms with Crippen LogP contribution in [0.25, 0.3) is 0 Å². The minimum absolute atomic E-state index is 0. The molecule has 1 aromatic carbocycles. The molecule has 5 nitrogen and oxygen atoms in total. The van der Waals surface area contributed by atoms with Crippen LogP contribution in [0, 0.1) is 5.82 Å². The van der Waals surface area contributed by atoms with Crippen LogP contribution < -0.4 is 5.32 Å². The van der Waals surface area contributed by atoms with Crippen molar-refractivity contribution in [1.82, 2.24) is 15.1 Å². The highest BCUT2D eigenvalue weighted by molar-refractivity contribution is 14.0. The van der Waals surface area contributed by atoms with E-state index in [0.29, 0.717) is 6.54 Å². The summed E-state index contributed by atoms with van der Waals surface area (Å²) in [6.07, 6.45) is 0.771. The van der Waals surface area contributed by atoms with Gasteiger partial charge in [-0.2, -0.15) is 0 Å². The molecule has 2 rings (SSSR count). The molecule has 0 bridgehead atoms. The molecule has 134 valence electrons. The van der Waals surface area contributed by atoms with Crippen LogP contribution in [0.1, 0.15) is 25.0 Å². The zero-order valence-corrected chi connectivity index (χ0v) is 17.0. The third kappa shape index (κ3) is 5.61. The van der Waals surface area contributed by atoms with Gasteiger partial charge < -0.3 is 15.1 Å². The molecular formula is C17H26FIN4O. The van der Waals surface area contributed by atoms with E-state index < -0.39 is 0 Å². The summed E-state index contributed by atoms with van der Waals surface area (Å²) in [5.74, 6) is 0.501. The average Bonchev–Trinajstić information content (AvgIpc) is 2.50. The molecule has 24 heavy (non-hydrogen) atoms. The Hall–Kier alpha value is -1.38. The number of halogens is 2. The second-order valence-corrected chi connectivity index (χ2v) is 6.31. The normalized spacial score (nSPS) is 14.1. The van der Waals surface area contributed by atoms with Crippen molar-refractivity contribution in [3.05, 3.63) is 35.1 Å². The van der Waals surface area contributed by atoms with Crippen molar-refractivity contribution in [2.45, 2.75) is 32.9 Å². The van der Waals surface area contributed by atoms with Gasteiger partial charge in [-0.25, -0.2) is 9.38 Å². The van der Waals surface area contributed by atoms with Gasteiger partial charge in [0.2, 0.25) is 5.91 Å². The fourth-order valence-corrected chi connectivity index (χ4v) is 2.48. The second kappa shape index (κ2) is 9.19. The van der Waals surface area contributed by atoms with Gasteiger partial charge in [-0.3, -0.25) is 4.79 Å². The van der Waals surface area contributed by atoms with Crippen LogP contribution in [0.3, 0.4) is 0 Å². The van der Waals surface area contributed by atoms with Crippen LogP contribution in [0.15, 0.2) is 23.2 Å². The van der Waals surface area contributed by atoms with Gasteiger partial charge in [-0.05, 0) is 43.5 Å². The number of amides is 1. The Morgan fingerprint density at radius 1 is 1.38 bits per heavy atom. The lowest BCUT2D eigenvalue weighted by Crippen LogP contribution is -2.47. The zero-order valence-electron chi connectivity index (χ0n) is 14.7. The number of carbonyl (C=O) groups is 1. The van der Waals surface area contributed by atoms with Gasteiger partial charge in [0.05, 0.1) is 0 Å². The Morgan fingerprint density at radius 2 is 2.08 bits per heavy atom. The van der Waals surface area contributed by atoms with Gasteiger partial charge in [0.1, 0.15) is 12.4 Å². The first-order chi connectivity index (χ1) is 10.9. The van der Waals surface area contributed by atoms with E-state index in [1.165, 1.54) is 11.0 Å². The number of likely N-dealkylation sites (N-methyl/N-ethyl adjacent to an activating group) is 1. The van der Waals surface area contributed by atoms with Gasteiger partial charge in [0.15, 0.2) is 5.96 Å². The third-order valence-electron chi connectivity index (χ3n) is 3.76. The minimum Gasteiger partial charge on any atom is -0.354 e. The van der Waals surface area contributed by atoms with E-state index in [2.05, 4.69) is 15.2 Å². The first kappa shape index (κ1) is 20.7. The van der Waals surface area contributed by atoms with Crippen molar-refractivity contribution in [3.8, 4) is 0 Å². The summed E-state index contributed by atoms with van der Waals surface area (Å²) in [6.45, 7) is 5.62. The number of hydrogen-bond acceptors (Lipinski definition) is 2. The Morgan fingerprint density at radius 3 is 2.71 bits per heavy atom. The van der Waals surface area contributed by atoms with E-state index in [1.807, 2.05) is 19.9 Å².